The molecular formula is C17H18FN5O2. The van der Waals surface area contributed by atoms with E-state index in [1.54, 1.807) is 25.5 Å². The van der Waals surface area contributed by atoms with Crippen LogP contribution in [0.15, 0.2) is 41.3 Å². The Morgan fingerprint density at radius 3 is 2.92 bits per heavy atom. The van der Waals surface area contributed by atoms with Crippen LogP contribution in [0.1, 0.15) is 24.0 Å². The summed E-state index contributed by atoms with van der Waals surface area (Å²) in [5.41, 5.74) is 1.55. The number of methoxy groups -OCH3 is 1. The third kappa shape index (κ3) is 3.31. The molecule has 0 unspecified atom stereocenters. The lowest BCUT2D eigenvalue weighted by atomic mass is 10.2. The molecule has 3 heterocycles. The van der Waals surface area contributed by atoms with Crippen molar-refractivity contribution in [3.63, 3.8) is 0 Å². The van der Waals surface area contributed by atoms with Gasteiger partial charge < -0.3 is 9.15 Å². The highest BCUT2D eigenvalue weighted by molar-refractivity contribution is 5.52. The fourth-order valence-electron chi connectivity index (χ4n) is 3.18. The second-order valence-corrected chi connectivity index (χ2v) is 6.06. The van der Waals surface area contributed by atoms with Crippen molar-refractivity contribution in [1.82, 2.24) is 25.1 Å². The van der Waals surface area contributed by atoms with Crippen LogP contribution in [0.5, 0.6) is 0 Å². The van der Waals surface area contributed by atoms with E-state index in [2.05, 4.69) is 25.1 Å². The monoisotopic (exact) mass is 343 g/mol. The van der Waals surface area contributed by atoms with Gasteiger partial charge in [-0.3, -0.25) is 10.00 Å². The highest BCUT2D eigenvalue weighted by atomic mass is 19.1. The van der Waals surface area contributed by atoms with Gasteiger partial charge in [-0.15, -0.1) is 0 Å². The number of nitrogens with one attached hydrogen (secondary N) is 1. The molecule has 1 aliphatic rings. The van der Waals surface area contributed by atoms with Gasteiger partial charge >= 0.3 is 0 Å². The van der Waals surface area contributed by atoms with Gasteiger partial charge in [0.25, 0.3) is 0 Å². The summed E-state index contributed by atoms with van der Waals surface area (Å²) in [4.78, 5) is 11.0. The van der Waals surface area contributed by atoms with Crippen molar-refractivity contribution in [1.29, 1.82) is 0 Å². The summed E-state index contributed by atoms with van der Waals surface area (Å²) >= 11 is 0. The zero-order chi connectivity index (χ0) is 17.2. The molecular weight excluding hydrogens is 325 g/mol. The van der Waals surface area contributed by atoms with E-state index in [9.17, 15) is 4.39 Å². The fraction of sp³-hybridized carbons (Fsp3) is 0.353. The Balaban J connectivity index is 1.52. The minimum absolute atomic E-state index is 0.0958. The van der Waals surface area contributed by atoms with Crippen LogP contribution in [0.25, 0.3) is 11.5 Å². The van der Waals surface area contributed by atoms with Gasteiger partial charge in [0.05, 0.1) is 17.8 Å². The lowest BCUT2D eigenvalue weighted by Gasteiger charge is -2.20. The van der Waals surface area contributed by atoms with Gasteiger partial charge in [-0.2, -0.15) is 5.10 Å². The number of hydrogen-bond donors (Lipinski definition) is 1. The van der Waals surface area contributed by atoms with Gasteiger partial charge in [-0.25, -0.2) is 14.4 Å². The summed E-state index contributed by atoms with van der Waals surface area (Å²) in [6.07, 6.45) is 4.12. The van der Waals surface area contributed by atoms with E-state index in [0.29, 0.717) is 12.4 Å². The highest BCUT2D eigenvalue weighted by Crippen LogP contribution is 2.32. The first-order valence-electron chi connectivity index (χ1n) is 8.05. The smallest absolute Gasteiger partial charge is 0.226 e. The van der Waals surface area contributed by atoms with Crippen molar-refractivity contribution in [2.45, 2.75) is 25.1 Å². The van der Waals surface area contributed by atoms with E-state index in [-0.39, 0.29) is 18.0 Å². The molecule has 0 radical (unpaired) electrons. The standard InChI is InChI=1S/C17H18FN5O2/c1-24-14-6-15(16-19-10-20-22-16)23(8-14)7-13-9-25-17(21-13)11-2-4-12(18)5-3-11/h2-5,9-10,14-15H,6-8H2,1H3,(H,19,20,22)/t14-,15+/m1/s1. The third-order valence-electron chi connectivity index (χ3n) is 4.46. The summed E-state index contributed by atoms with van der Waals surface area (Å²) in [7, 11) is 1.72. The summed E-state index contributed by atoms with van der Waals surface area (Å²) < 4.78 is 24.1. The lowest BCUT2D eigenvalue weighted by Crippen LogP contribution is -2.25. The summed E-state index contributed by atoms with van der Waals surface area (Å²) in [6.45, 7) is 1.39. The topological polar surface area (TPSA) is 80.1 Å². The average Bonchev–Trinajstić information content (AvgIpc) is 3.36. The Morgan fingerprint density at radius 1 is 1.36 bits per heavy atom. The molecule has 1 aromatic carbocycles. The quantitative estimate of drug-likeness (QED) is 0.767. The maximum absolute atomic E-state index is 13.0. The molecule has 1 saturated heterocycles. The first-order chi connectivity index (χ1) is 12.2. The number of halogens is 1. The Morgan fingerprint density at radius 2 is 2.20 bits per heavy atom. The third-order valence-corrected chi connectivity index (χ3v) is 4.46. The number of H-pyrrole nitrogens is 1. The van der Waals surface area contributed by atoms with E-state index >= 15 is 0 Å². The number of hydrogen-bond acceptors (Lipinski definition) is 6. The van der Waals surface area contributed by atoms with Crippen molar-refractivity contribution < 1.29 is 13.5 Å². The number of likely N-dealkylation sites (tertiary alicyclic amines) is 1. The SMILES string of the molecule is CO[C@@H]1C[C@@H](c2ncn[nH]2)N(Cc2coc(-c3ccc(F)cc3)n2)C1. The first-order valence-corrected chi connectivity index (χ1v) is 8.05. The van der Waals surface area contributed by atoms with Crippen LogP contribution in [-0.2, 0) is 11.3 Å². The minimum Gasteiger partial charge on any atom is -0.444 e. The maximum atomic E-state index is 13.0. The van der Waals surface area contributed by atoms with Gasteiger partial charge in [0.1, 0.15) is 24.2 Å². The Labute approximate surface area is 143 Å². The molecule has 1 N–H and O–H groups in total. The zero-order valence-electron chi connectivity index (χ0n) is 13.7. The number of oxazole rings is 1. The second-order valence-electron chi connectivity index (χ2n) is 6.06. The van der Waals surface area contributed by atoms with Crippen molar-refractivity contribution >= 4 is 0 Å². The van der Waals surface area contributed by atoms with Crippen LogP contribution in [0.4, 0.5) is 4.39 Å². The van der Waals surface area contributed by atoms with Crippen molar-refractivity contribution in [2.24, 2.45) is 0 Å². The van der Waals surface area contributed by atoms with Gasteiger partial charge in [-0.05, 0) is 30.7 Å². The molecule has 3 aromatic rings. The van der Waals surface area contributed by atoms with E-state index < -0.39 is 0 Å². The van der Waals surface area contributed by atoms with E-state index in [1.165, 1.54) is 18.5 Å². The van der Waals surface area contributed by atoms with Crippen LogP contribution in [0.3, 0.4) is 0 Å². The summed E-state index contributed by atoms with van der Waals surface area (Å²) in [6, 6.07) is 6.18. The number of benzene rings is 1. The number of rotatable bonds is 5. The van der Waals surface area contributed by atoms with E-state index in [4.69, 9.17) is 9.15 Å². The molecule has 0 aliphatic carbocycles. The van der Waals surface area contributed by atoms with E-state index in [1.807, 2.05) is 0 Å². The number of aromatic amines is 1. The van der Waals surface area contributed by atoms with Crippen molar-refractivity contribution in [2.75, 3.05) is 13.7 Å². The number of aromatic nitrogens is 4. The van der Waals surface area contributed by atoms with Crippen LogP contribution in [0, 0.1) is 5.82 Å². The summed E-state index contributed by atoms with van der Waals surface area (Å²) in [5.74, 6) is 1.02. The van der Waals surface area contributed by atoms with Crippen molar-refractivity contribution in [3.8, 4) is 11.5 Å². The van der Waals surface area contributed by atoms with Crippen LogP contribution in [0.2, 0.25) is 0 Å². The molecule has 2 atom stereocenters. The molecule has 1 fully saturated rings. The average molecular weight is 343 g/mol. The maximum Gasteiger partial charge on any atom is 0.226 e. The molecule has 4 rings (SSSR count). The Bertz CT molecular complexity index is 818. The fourth-order valence-corrected chi connectivity index (χ4v) is 3.18. The van der Waals surface area contributed by atoms with E-state index in [0.717, 1.165) is 30.0 Å². The Kier molecular flexibility index (Phi) is 4.29. The van der Waals surface area contributed by atoms with Gasteiger partial charge in [0.15, 0.2) is 0 Å². The highest BCUT2D eigenvalue weighted by Gasteiger charge is 2.35. The predicted molar refractivity (Wildman–Crippen MR) is 86.8 cm³/mol. The Hall–Kier alpha value is -2.58. The molecule has 7 nitrogen and oxygen atoms in total. The molecule has 0 saturated carbocycles. The molecule has 25 heavy (non-hydrogen) atoms. The molecule has 0 spiro atoms. The molecule has 0 amide bonds. The molecule has 8 heteroatoms. The first kappa shape index (κ1) is 15.9. The summed E-state index contributed by atoms with van der Waals surface area (Å²) in [5, 5.41) is 6.88. The molecule has 1 aliphatic heterocycles. The zero-order valence-corrected chi connectivity index (χ0v) is 13.7. The molecule has 130 valence electrons. The van der Waals surface area contributed by atoms with Gasteiger partial charge in [-0.1, -0.05) is 0 Å². The lowest BCUT2D eigenvalue weighted by molar-refractivity contribution is 0.107. The van der Waals surface area contributed by atoms with Gasteiger partial charge in [0.2, 0.25) is 5.89 Å². The normalized spacial score (nSPS) is 21.0. The van der Waals surface area contributed by atoms with Gasteiger partial charge in [0, 0.05) is 25.8 Å². The predicted octanol–water partition coefficient (Wildman–Crippen LogP) is 2.56. The largest absolute Gasteiger partial charge is 0.444 e. The number of ether oxygens (including phenoxy) is 1. The van der Waals surface area contributed by atoms with Crippen LogP contribution in [-0.4, -0.2) is 44.8 Å². The van der Waals surface area contributed by atoms with Crippen molar-refractivity contribution in [3.05, 3.63) is 54.2 Å². The second kappa shape index (κ2) is 6.73. The van der Waals surface area contributed by atoms with Crippen LogP contribution < -0.4 is 0 Å². The molecule has 0 bridgehead atoms. The molecule has 2 aromatic heterocycles. The van der Waals surface area contributed by atoms with Crippen LogP contribution >= 0.6 is 0 Å². The minimum atomic E-state index is -0.284. The number of nitrogens with zero attached hydrogens (tertiary/aromatic N) is 4.